The molecule has 0 aliphatic carbocycles. The molecule has 0 bridgehead atoms. The molecule has 0 saturated heterocycles. The molecule has 1 aromatic carbocycles. The van der Waals surface area contributed by atoms with Crippen molar-refractivity contribution in [1.82, 2.24) is 0 Å². The van der Waals surface area contributed by atoms with Crippen molar-refractivity contribution >= 4 is 10.9 Å². The average molecular weight is 259 g/mol. The van der Waals surface area contributed by atoms with Crippen molar-refractivity contribution < 1.29 is 9.84 Å². The number of hydrogen-bond acceptors (Lipinski definition) is 2. The molecule has 0 fully saturated rings. The van der Waals surface area contributed by atoms with E-state index in [1.54, 1.807) is 12.1 Å². The van der Waals surface area contributed by atoms with Crippen LogP contribution in [0.3, 0.4) is 0 Å². The zero-order chi connectivity index (χ0) is 13.7. The first-order valence-corrected chi connectivity index (χ1v) is 7.07. The van der Waals surface area contributed by atoms with Crippen molar-refractivity contribution in [3.63, 3.8) is 0 Å². The highest BCUT2D eigenvalue weighted by Gasteiger charge is 2.15. The van der Waals surface area contributed by atoms with E-state index in [1.807, 2.05) is 18.2 Å². The van der Waals surface area contributed by atoms with Crippen molar-refractivity contribution in [3.05, 3.63) is 41.2 Å². The van der Waals surface area contributed by atoms with E-state index in [0.717, 1.165) is 23.0 Å². The highest BCUT2D eigenvalue weighted by Crippen LogP contribution is 2.21. The van der Waals surface area contributed by atoms with Gasteiger partial charge in [0.1, 0.15) is 0 Å². The zero-order valence-corrected chi connectivity index (χ0v) is 11.4. The minimum atomic E-state index is 0.115. The normalized spacial score (nSPS) is 11.0. The van der Waals surface area contributed by atoms with Crippen molar-refractivity contribution in [2.75, 3.05) is 0 Å². The quantitative estimate of drug-likeness (QED) is 0.488. The van der Waals surface area contributed by atoms with Gasteiger partial charge in [-0.2, -0.15) is 4.73 Å². The van der Waals surface area contributed by atoms with E-state index in [1.165, 1.54) is 19.3 Å². The summed E-state index contributed by atoms with van der Waals surface area (Å²) in [5, 5.41) is 23.0. The summed E-state index contributed by atoms with van der Waals surface area (Å²) in [6.07, 6.45) is 6.35. The van der Waals surface area contributed by atoms with Crippen LogP contribution in [0.15, 0.2) is 30.3 Å². The summed E-state index contributed by atoms with van der Waals surface area (Å²) in [5.41, 5.74) is 1.12. The number of para-hydroxylation sites is 1. The fraction of sp³-hybridized carbons (Fsp3) is 0.438. The van der Waals surface area contributed by atoms with Crippen LogP contribution in [0, 0.1) is 5.21 Å². The maximum Gasteiger partial charge on any atom is 0.235 e. The summed E-state index contributed by atoms with van der Waals surface area (Å²) in [5.74, 6) is 0.115. The number of benzene rings is 1. The van der Waals surface area contributed by atoms with Crippen molar-refractivity contribution in [3.8, 4) is 5.75 Å². The Hall–Kier alpha value is -1.77. The Morgan fingerprint density at radius 3 is 2.63 bits per heavy atom. The topological polar surface area (TPSA) is 47.2 Å². The first-order valence-electron chi connectivity index (χ1n) is 7.07. The second kappa shape index (κ2) is 6.41. The molecule has 0 radical (unpaired) electrons. The summed E-state index contributed by atoms with van der Waals surface area (Å²) in [6.45, 7) is 2.18. The molecule has 0 saturated carbocycles. The lowest BCUT2D eigenvalue weighted by atomic mass is 10.1. The summed E-state index contributed by atoms with van der Waals surface area (Å²) in [4.78, 5) is 0. The number of aromatic nitrogens is 1. The number of unbranched alkanes of at least 4 members (excludes halogenated alkanes) is 4. The second-order valence-electron chi connectivity index (χ2n) is 4.99. The van der Waals surface area contributed by atoms with Crippen LogP contribution >= 0.6 is 0 Å². The smallest absolute Gasteiger partial charge is 0.235 e. The Bertz CT molecular complexity index is 552. The molecule has 0 aliphatic heterocycles. The van der Waals surface area contributed by atoms with Gasteiger partial charge < -0.3 is 10.3 Å². The molecule has 0 amide bonds. The van der Waals surface area contributed by atoms with Gasteiger partial charge in [0, 0.05) is 18.6 Å². The van der Waals surface area contributed by atoms with Gasteiger partial charge in [0.15, 0.2) is 5.75 Å². The second-order valence-corrected chi connectivity index (χ2v) is 4.99. The summed E-state index contributed by atoms with van der Waals surface area (Å²) < 4.78 is 0.879. The van der Waals surface area contributed by atoms with Crippen LogP contribution in [-0.4, -0.2) is 5.11 Å². The third kappa shape index (κ3) is 3.16. The first kappa shape index (κ1) is 13.7. The lowest BCUT2D eigenvalue weighted by Crippen LogP contribution is -2.32. The Labute approximate surface area is 114 Å². The standard InChI is InChI=1S/C16H21NO2/c1-2-3-4-5-6-11-15-16(18)12-13-9-7-8-10-14(13)17(15)19/h7-10,12,18H,2-6,11H2,1H3. The van der Waals surface area contributed by atoms with Crippen LogP contribution in [0.2, 0.25) is 0 Å². The molecular weight excluding hydrogens is 238 g/mol. The van der Waals surface area contributed by atoms with Crippen LogP contribution in [0.1, 0.15) is 44.7 Å². The molecule has 1 heterocycles. The molecule has 2 aromatic rings. The number of fused-ring (bicyclic) bond motifs is 1. The molecule has 0 spiro atoms. The molecule has 0 aliphatic rings. The van der Waals surface area contributed by atoms with Crippen molar-refractivity contribution in [2.45, 2.75) is 45.4 Å². The minimum Gasteiger partial charge on any atom is -0.618 e. The average Bonchev–Trinajstić information content (AvgIpc) is 2.42. The highest BCUT2D eigenvalue weighted by atomic mass is 16.5. The molecule has 19 heavy (non-hydrogen) atoms. The predicted molar refractivity (Wildman–Crippen MR) is 77.0 cm³/mol. The highest BCUT2D eigenvalue weighted by molar-refractivity contribution is 5.77. The fourth-order valence-corrected chi connectivity index (χ4v) is 2.40. The van der Waals surface area contributed by atoms with E-state index in [0.29, 0.717) is 17.6 Å². The molecule has 102 valence electrons. The van der Waals surface area contributed by atoms with Crippen molar-refractivity contribution in [1.29, 1.82) is 0 Å². The molecule has 0 unspecified atom stereocenters. The van der Waals surface area contributed by atoms with E-state index in [4.69, 9.17) is 0 Å². The molecule has 1 N–H and O–H groups in total. The number of hydrogen-bond donors (Lipinski definition) is 1. The van der Waals surface area contributed by atoms with E-state index in [2.05, 4.69) is 6.92 Å². The van der Waals surface area contributed by atoms with Gasteiger partial charge in [-0.1, -0.05) is 44.7 Å². The zero-order valence-electron chi connectivity index (χ0n) is 11.4. The Kier molecular flexibility index (Phi) is 4.61. The first-order chi connectivity index (χ1) is 9.24. The number of pyridine rings is 1. The van der Waals surface area contributed by atoms with Gasteiger partial charge in [0.25, 0.3) is 0 Å². The monoisotopic (exact) mass is 259 g/mol. The van der Waals surface area contributed by atoms with E-state index in [-0.39, 0.29) is 5.75 Å². The van der Waals surface area contributed by atoms with Gasteiger partial charge in [-0.3, -0.25) is 0 Å². The fourth-order valence-electron chi connectivity index (χ4n) is 2.40. The largest absolute Gasteiger partial charge is 0.618 e. The number of aromatic hydroxyl groups is 1. The molecule has 1 aromatic heterocycles. The van der Waals surface area contributed by atoms with Crippen LogP contribution in [0.5, 0.6) is 5.75 Å². The molecule has 2 rings (SSSR count). The number of rotatable bonds is 6. The van der Waals surface area contributed by atoms with Gasteiger partial charge in [0.05, 0.1) is 5.39 Å². The molecular formula is C16H21NO2. The SMILES string of the molecule is CCCCCCCc1c(O)cc2ccccc2[n+]1[O-]. The van der Waals surface area contributed by atoms with Crippen LogP contribution in [-0.2, 0) is 6.42 Å². The maximum absolute atomic E-state index is 12.2. The van der Waals surface area contributed by atoms with Gasteiger partial charge in [-0.05, 0) is 12.5 Å². The third-order valence-corrected chi connectivity index (χ3v) is 3.51. The Morgan fingerprint density at radius 2 is 1.84 bits per heavy atom. The molecule has 3 heteroatoms. The predicted octanol–water partition coefficient (Wildman–Crippen LogP) is 3.69. The van der Waals surface area contributed by atoms with Gasteiger partial charge in [-0.15, -0.1) is 0 Å². The summed E-state index contributed by atoms with van der Waals surface area (Å²) in [6, 6.07) is 9.03. The van der Waals surface area contributed by atoms with Gasteiger partial charge in [0.2, 0.25) is 11.2 Å². The van der Waals surface area contributed by atoms with Crippen LogP contribution in [0.4, 0.5) is 0 Å². The van der Waals surface area contributed by atoms with Gasteiger partial charge in [-0.25, -0.2) is 0 Å². The van der Waals surface area contributed by atoms with E-state index in [9.17, 15) is 10.3 Å². The van der Waals surface area contributed by atoms with Crippen molar-refractivity contribution in [2.24, 2.45) is 0 Å². The Morgan fingerprint density at radius 1 is 1.11 bits per heavy atom. The lowest BCUT2D eigenvalue weighted by molar-refractivity contribution is -0.586. The minimum absolute atomic E-state index is 0.115. The van der Waals surface area contributed by atoms with E-state index < -0.39 is 0 Å². The van der Waals surface area contributed by atoms with E-state index >= 15 is 0 Å². The third-order valence-electron chi connectivity index (χ3n) is 3.51. The summed E-state index contributed by atoms with van der Waals surface area (Å²) >= 11 is 0. The van der Waals surface area contributed by atoms with Gasteiger partial charge >= 0.3 is 0 Å². The van der Waals surface area contributed by atoms with Crippen LogP contribution in [0.25, 0.3) is 10.9 Å². The summed E-state index contributed by atoms with van der Waals surface area (Å²) in [7, 11) is 0. The number of nitrogens with zero attached hydrogens (tertiary/aromatic N) is 1. The lowest BCUT2D eigenvalue weighted by Gasteiger charge is -2.09. The maximum atomic E-state index is 12.2. The molecule has 0 atom stereocenters. The molecule has 3 nitrogen and oxygen atoms in total. The Balaban J connectivity index is 2.14. The van der Waals surface area contributed by atoms with Crippen LogP contribution < -0.4 is 4.73 Å².